The first-order valence-electron chi connectivity index (χ1n) is 6.24. The second-order valence-corrected chi connectivity index (χ2v) is 4.89. The number of hydrogen-bond acceptors (Lipinski definition) is 2. The number of hydrogen-bond donors (Lipinski definition) is 1. The van der Waals surface area contributed by atoms with E-state index in [2.05, 4.69) is 10.3 Å². The van der Waals surface area contributed by atoms with E-state index < -0.39 is 12.0 Å². The summed E-state index contributed by atoms with van der Waals surface area (Å²) in [6.45, 7) is 3.12. The van der Waals surface area contributed by atoms with Crippen LogP contribution in [0.4, 0.5) is 13.2 Å². The van der Waals surface area contributed by atoms with E-state index in [9.17, 15) is 13.2 Å². The molecule has 1 N–H and O–H groups in total. The highest BCUT2D eigenvalue weighted by molar-refractivity contribution is 5.80. The number of imidazole rings is 1. The molecular weight excluding hydrogens is 255 g/mol. The van der Waals surface area contributed by atoms with Crippen LogP contribution in [0.15, 0.2) is 18.2 Å². The van der Waals surface area contributed by atoms with Crippen LogP contribution in [-0.4, -0.2) is 22.6 Å². The molecule has 1 fully saturated rings. The molecule has 1 aliphatic heterocycles. The van der Waals surface area contributed by atoms with Crippen LogP contribution >= 0.6 is 0 Å². The zero-order chi connectivity index (χ0) is 13.6. The molecule has 0 bridgehead atoms. The van der Waals surface area contributed by atoms with Crippen LogP contribution in [0.1, 0.15) is 23.9 Å². The van der Waals surface area contributed by atoms with Crippen molar-refractivity contribution < 1.29 is 13.2 Å². The van der Waals surface area contributed by atoms with E-state index in [0.717, 1.165) is 12.1 Å². The van der Waals surface area contributed by atoms with Gasteiger partial charge >= 0.3 is 6.18 Å². The molecule has 2 heterocycles. The minimum atomic E-state index is -4.42. The average Bonchev–Trinajstić information content (AvgIpc) is 2.94. The normalized spacial score (nSPS) is 20.3. The largest absolute Gasteiger partial charge is 0.449 e. The maximum absolute atomic E-state index is 13.2. The van der Waals surface area contributed by atoms with Crippen molar-refractivity contribution in [1.82, 2.24) is 14.9 Å². The van der Waals surface area contributed by atoms with Crippen molar-refractivity contribution in [3.8, 4) is 0 Å². The first-order valence-corrected chi connectivity index (χ1v) is 6.24. The lowest BCUT2D eigenvalue weighted by Gasteiger charge is -2.17. The first-order chi connectivity index (χ1) is 8.98. The van der Waals surface area contributed by atoms with Crippen LogP contribution in [0.25, 0.3) is 11.0 Å². The molecule has 1 atom stereocenters. The Labute approximate surface area is 108 Å². The van der Waals surface area contributed by atoms with Crippen molar-refractivity contribution in [2.24, 2.45) is 0 Å². The molecular formula is C13H14F3N3. The number of nitrogens with one attached hydrogen (secondary N) is 1. The van der Waals surface area contributed by atoms with E-state index in [4.69, 9.17) is 0 Å². The number of alkyl halides is 3. The third-order valence-corrected chi connectivity index (χ3v) is 3.56. The van der Waals surface area contributed by atoms with Gasteiger partial charge in [0, 0.05) is 12.6 Å². The van der Waals surface area contributed by atoms with Crippen LogP contribution in [0.2, 0.25) is 0 Å². The minimum absolute atomic E-state index is 0.178. The molecule has 0 amide bonds. The van der Waals surface area contributed by atoms with Crippen molar-refractivity contribution in [2.75, 3.05) is 13.1 Å². The number of fused-ring (bicyclic) bond motifs is 1. The van der Waals surface area contributed by atoms with E-state index in [1.807, 2.05) is 13.0 Å². The van der Waals surface area contributed by atoms with Crippen molar-refractivity contribution in [1.29, 1.82) is 0 Å². The van der Waals surface area contributed by atoms with Gasteiger partial charge in [-0.3, -0.25) is 0 Å². The highest BCUT2D eigenvalue weighted by Crippen LogP contribution is 2.36. The predicted octanol–water partition coefficient (Wildman–Crippen LogP) is 2.90. The van der Waals surface area contributed by atoms with E-state index in [-0.39, 0.29) is 6.04 Å². The van der Waals surface area contributed by atoms with Crippen molar-refractivity contribution >= 4 is 11.0 Å². The summed E-state index contributed by atoms with van der Waals surface area (Å²) in [7, 11) is 0. The number of aromatic nitrogens is 2. The van der Waals surface area contributed by atoms with Crippen LogP contribution in [0.3, 0.4) is 0 Å². The molecule has 1 aliphatic rings. The summed E-state index contributed by atoms with van der Waals surface area (Å²) in [6, 6.07) is 5.02. The van der Waals surface area contributed by atoms with Gasteiger partial charge in [0.2, 0.25) is 5.82 Å². The Morgan fingerprint density at radius 1 is 1.37 bits per heavy atom. The second kappa shape index (κ2) is 4.23. The second-order valence-electron chi connectivity index (χ2n) is 4.89. The molecule has 102 valence electrons. The summed E-state index contributed by atoms with van der Waals surface area (Å²) in [4.78, 5) is 3.80. The topological polar surface area (TPSA) is 29.9 Å². The number of rotatable bonds is 1. The van der Waals surface area contributed by atoms with Gasteiger partial charge in [-0.1, -0.05) is 12.1 Å². The minimum Gasteiger partial charge on any atom is -0.316 e. The molecule has 1 aromatic carbocycles. The standard InChI is InChI=1S/C13H14F3N3/c1-8-3-2-4-10-11(8)19(9-5-6-17-7-9)12(18-10)13(14,15)16/h2-4,9,17H,5-7H2,1H3. The zero-order valence-electron chi connectivity index (χ0n) is 10.5. The molecule has 0 saturated carbocycles. The number of halogens is 3. The first kappa shape index (κ1) is 12.5. The molecule has 3 rings (SSSR count). The smallest absolute Gasteiger partial charge is 0.316 e. The van der Waals surface area contributed by atoms with Crippen molar-refractivity contribution in [2.45, 2.75) is 25.6 Å². The van der Waals surface area contributed by atoms with Gasteiger partial charge in [0.25, 0.3) is 0 Å². The molecule has 0 aliphatic carbocycles. The van der Waals surface area contributed by atoms with Gasteiger partial charge in [0.05, 0.1) is 11.0 Å². The quantitative estimate of drug-likeness (QED) is 0.862. The Balaban J connectivity index is 2.30. The van der Waals surface area contributed by atoms with Crippen LogP contribution < -0.4 is 5.32 Å². The lowest BCUT2D eigenvalue weighted by atomic mass is 10.2. The van der Waals surface area contributed by atoms with E-state index in [0.29, 0.717) is 24.0 Å². The summed E-state index contributed by atoms with van der Waals surface area (Å²) in [5, 5.41) is 3.11. The van der Waals surface area contributed by atoms with Crippen molar-refractivity contribution in [3.05, 3.63) is 29.6 Å². The van der Waals surface area contributed by atoms with Gasteiger partial charge < -0.3 is 9.88 Å². The lowest BCUT2D eigenvalue weighted by Crippen LogP contribution is -2.21. The Morgan fingerprint density at radius 3 is 2.79 bits per heavy atom. The van der Waals surface area contributed by atoms with E-state index in [1.165, 1.54) is 4.57 Å². The van der Waals surface area contributed by atoms with E-state index in [1.54, 1.807) is 12.1 Å². The van der Waals surface area contributed by atoms with Gasteiger partial charge in [0.1, 0.15) is 0 Å². The average molecular weight is 269 g/mol. The molecule has 1 saturated heterocycles. The molecule has 0 spiro atoms. The predicted molar refractivity (Wildman–Crippen MR) is 66.0 cm³/mol. The van der Waals surface area contributed by atoms with Gasteiger partial charge in [0.15, 0.2) is 0 Å². The zero-order valence-corrected chi connectivity index (χ0v) is 10.5. The molecule has 1 unspecified atom stereocenters. The highest BCUT2D eigenvalue weighted by Gasteiger charge is 2.39. The van der Waals surface area contributed by atoms with Gasteiger partial charge in [-0.25, -0.2) is 4.98 Å². The molecule has 19 heavy (non-hydrogen) atoms. The fraction of sp³-hybridized carbons (Fsp3) is 0.462. The maximum Gasteiger partial charge on any atom is 0.449 e. The van der Waals surface area contributed by atoms with Crippen molar-refractivity contribution in [3.63, 3.8) is 0 Å². The van der Waals surface area contributed by atoms with Crippen LogP contribution in [-0.2, 0) is 6.18 Å². The molecule has 3 nitrogen and oxygen atoms in total. The fourth-order valence-corrected chi connectivity index (χ4v) is 2.74. The third-order valence-electron chi connectivity index (χ3n) is 3.56. The van der Waals surface area contributed by atoms with Gasteiger partial charge in [-0.15, -0.1) is 0 Å². The third kappa shape index (κ3) is 2.00. The molecule has 1 aromatic heterocycles. The molecule has 0 radical (unpaired) electrons. The lowest BCUT2D eigenvalue weighted by molar-refractivity contribution is -0.147. The maximum atomic E-state index is 13.2. The fourth-order valence-electron chi connectivity index (χ4n) is 2.74. The number of aryl methyl sites for hydroxylation is 1. The highest BCUT2D eigenvalue weighted by atomic mass is 19.4. The van der Waals surface area contributed by atoms with Crippen LogP contribution in [0.5, 0.6) is 0 Å². The molecule has 2 aromatic rings. The Hall–Kier alpha value is -1.56. The molecule has 6 heteroatoms. The number of benzene rings is 1. The Morgan fingerprint density at radius 2 is 2.16 bits per heavy atom. The monoisotopic (exact) mass is 269 g/mol. The summed E-state index contributed by atoms with van der Waals surface area (Å²) in [5.74, 6) is -0.787. The van der Waals surface area contributed by atoms with Gasteiger partial charge in [-0.2, -0.15) is 13.2 Å². The summed E-state index contributed by atoms with van der Waals surface area (Å²) < 4.78 is 40.9. The Kier molecular flexibility index (Phi) is 2.78. The summed E-state index contributed by atoms with van der Waals surface area (Å²) >= 11 is 0. The number of para-hydroxylation sites is 1. The van der Waals surface area contributed by atoms with E-state index >= 15 is 0 Å². The number of nitrogens with zero attached hydrogens (tertiary/aromatic N) is 2. The SMILES string of the molecule is Cc1cccc2nc(C(F)(F)F)n(C3CCNC3)c12. The summed E-state index contributed by atoms with van der Waals surface area (Å²) in [5.41, 5.74) is 1.84. The summed E-state index contributed by atoms with van der Waals surface area (Å²) in [6.07, 6.45) is -3.73. The van der Waals surface area contributed by atoms with Crippen LogP contribution in [0, 0.1) is 6.92 Å². The Bertz CT molecular complexity index is 609. The van der Waals surface area contributed by atoms with Gasteiger partial charge in [-0.05, 0) is 31.5 Å².